The number of phenolic OH excluding ortho intramolecular Hbond substituents is 1. The zero-order valence-electron chi connectivity index (χ0n) is 10.1. The Morgan fingerprint density at radius 1 is 1.11 bits per heavy atom. The zero-order chi connectivity index (χ0) is 12.5. The van der Waals surface area contributed by atoms with E-state index < -0.39 is 0 Å². The predicted molar refractivity (Wildman–Crippen MR) is 68.9 cm³/mol. The Bertz CT molecular complexity index is 581. The van der Waals surface area contributed by atoms with Crippen molar-refractivity contribution >= 4 is 5.78 Å². The minimum absolute atomic E-state index is 0.265. The second-order valence-electron chi connectivity index (χ2n) is 4.81. The molecule has 0 radical (unpaired) electrons. The van der Waals surface area contributed by atoms with Gasteiger partial charge in [-0.15, -0.1) is 0 Å². The van der Waals surface area contributed by atoms with E-state index in [2.05, 4.69) is 10.8 Å². The number of phenols is 1. The molecule has 3 rings (SSSR count). The number of rotatable bonds is 2. The van der Waals surface area contributed by atoms with E-state index in [1.54, 1.807) is 12.1 Å². The number of Topliss-reactive ketones (excluding diaryl/α,β-unsaturated/α-hetero) is 1. The molecule has 2 aromatic rings. The third-order valence-corrected chi connectivity index (χ3v) is 3.41. The second kappa shape index (κ2) is 4.33. The minimum atomic E-state index is 0.265. The summed E-state index contributed by atoms with van der Waals surface area (Å²) in [5.41, 5.74) is 3.18. The molecular weight excluding hydrogens is 226 g/mol. The van der Waals surface area contributed by atoms with Crippen LogP contribution in [0.1, 0.15) is 34.3 Å². The first-order valence-electron chi connectivity index (χ1n) is 6.22. The van der Waals surface area contributed by atoms with Crippen LogP contribution in [0.5, 0.6) is 5.75 Å². The Labute approximate surface area is 106 Å². The van der Waals surface area contributed by atoms with Gasteiger partial charge in [-0.3, -0.25) is 4.79 Å². The summed E-state index contributed by atoms with van der Waals surface area (Å²) in [4.78, 5) is 11.7. The van der Waals surface area contributed by atoms with Gasteiger partial charge in [0.25, 0.3) is 0 Å². The molecule has 1 aromatic heterocycles. The Kier molecular flexibility index (Phi) is 2.67. The molecule has 0 unspecified atom stereocenters. The molecule has 0 saturated carbocycles. The molecule has 1 heterocycles. The van der Waals surface area contributed by atoms with Crippen molar-refractivity contribution in [3.05, 3.63) is 53.3 Å². The van der Waals surface area contributed by atoms with Gasteiger partial charge in [0.1, 0.15) is 5.75 Å². The summed E-state index contributed by atoms with van der Waals surface area (Å²) >= 11 is 0. The lowest BCUT2D eigenvalue weighted by Crippen LogP contribution is -2.07. The average Bonchev–Trinajstić information content (AvgIpc) is 2.76. The number of hydrogen-bond acceptors (Lipinski definition) is 2. The van der Waals surface area contributed by atoms with Crippen LogP contribution in [0, 0.1) is 0 Å². The molecule has 92 valence electrons. The van der Waals surface area contributed by atoms with Gasteiger partial charge in [-0.05, 0) is 36.1 Å². The fraction of sp³-hybridized carbons (Fsp3) is 0.267. The Morgan fingerprint density at radius 3 is 2.61 bits per heavy atom. The Balaban J connectivity index is 1.85. The molecule has 0 fully saturated rings. The van der Waals surface area contributed by atoms with Crippen LogP contribution in [0.3, 0.4) is 0 Å². The number of fused-ring (bicyclic) bond motifs is 1. The maximum Gasteiger partial charge on any atom is 0.164 e. The number of aromatic hydroxyl groups is 1. The predicted octanol–water partition coefficient (Wildman–Crippen LogP) is 2.76. The van der Waals surface area contributed by atoms with Gasteiger partial charge in [-0.1, -0.05) is 12.1 Å². The number of hydrogen-bond donors (Lipinski definition) is 1. The van der Waals surface area contributed by atoms with Gasteiger partial charge in [-0.2, -0.15) is 0 Å². The standard InChI is InChI=1S/C15H15NO2/c17-13-6-4-11(5-7-13)8-16-9-12-2-1-3-15(18)14(12)10-16/h4-7,9-10,17H,1-3,8H2. The van der Waals surface area contributed by atoms with Crippen LogP contribution >= 0.6 is 0 Å². The molecule has 1 aromatic carbocycles. The number of aromatic nitrogens is 1. The third kappa shape index (κ3) is 2.04. The molecule has 1 aliphatic rings. The number of aryl methyl sites for hydroxylation is 1. The van der Waals surface area contributed by atoms with E-state index in [0.29, 0.717) is 6.42 Å². The van der Waals surface area contributed by atoms with E-state index in [0.717, 1.165) is 30.5 Å². The largest absolute Gasteiger partial charge is 0.508 e. The fourth-order valence-corrected chi connectivity index (χ4v) is 2.48. The Hall–Kier alpha value is -2.03. The molecule has 3 heteroatoms. The van der Waals surface area contributed by atoms with E-state index in [-0.39, 0.29) is 11.5 Å². The average molecular weight is 241 g/mol. The maximum atomic E-state index is 11.7. The smallest absolute Gasteiger partial charge is 0.164 e. The molecule has 0 atom stereocenters. The highest BCUT2D eigenvalue weighted by Crippen LogP contribution is 2.22. The van der Waals surface area contributed by atoms with Gasteiger partial charge in [0.15, 0.2) is 5.78 Å². The number of carbonyl (C=O) groups is 1. The molecule has 1 N–H and O–H groups in total. The van der Waals surface area contributed by atoms with Gasteiger partial charge in [0.2, 0.25) is 0 Å². The van der Waals surface area contributed by atoms with Crippen molar-refractivity contribution in [3.8, 4) is 5.75 Å². The van der Waals surface area contributed by atoms with Crippen molar-refractivity contribution in [2.24, 2.45) is 0 Å². The normalized spacial score (nSPS) is 14.6. The van der Waals surface area contributed by atoms with Crippen molar-refractivity contribution in [3.63, 3.8) is 0 Å². The van der Waals surface area contributed by atoms with Gasteiger partial charge in [0.05, 0.1) is 0 Å². The molecule has 1 aliphatic carbocycles. The molecular formula is C15H15NO2. The van der Waals surface area contributed by atoms with Crippen molar-refractivity contribution in [1.82, 2.24) is 4.57 Å². The van der Waals surface area contributed by atoms with Gasteiger partial charge in [0, 0.05) is 30.9 Å². The highest BCUT2D eigenvalue weighted by Gasteiger charge is 2.18. The van der Waals surface area contributed by atoms with Crippen molar-refractivity contribution < 1.29 is 9.90 Å². The molecule has 0 aliphatic heterocycles. The quantitative estimate of drug-likeness (QED) is 0.878. The summed E-state index contributed by atoms with van der Waals surface area (Å²) in [6, 6.07) is 7.17. The first-order valence-corrected chi connectivity index (χ1v) is 6.22. The molecule has 0 bridgehead atoms. The summed E-state index contributed by atoms with van der Waals surface area (Å²) in [7, 11) is 0. The van der Waals surface area contributed by atoms with Crippen LogP contribution in [-0.2, 0) is 13.0 Å². The van der Waals surface area contributed by atoms with Gasteiger partial charge in [-0.25, -0.2) is 0 Å². The van der Waals surface area contributed by atoms with Crippen LogP contribution in [0.25, 0.3) is 0 Å². The highest BCUT2D eigenvalue weighted by molar-refractivity contribution is 5.98. The lowest BCUT2D eigenvalue weighted by molar-refractivity contribution is 0.0973. The van der Waals surface area contributed by atoms with E-state index in [1.165, 1.54) is 5.56 Å². The molecule has 0 spiro atoms. The van der Waals surface area contributed by atoms with E-state index in [9.17, 15) is 9.90 Å². The molecule has 0 amide bonds. The van der Waals surface area contributed by atoms with Crippen LogP contribution in [0.4, 0.5) is 0 Å². The number of nitrogens with zero attached hydrogens (tertiary/aromatic N) is 1. The summed E-state index contributed by atoms with van der Waals surface area (Å²) in [5.74, 6) is 0.543. The zero-order valence-corrected chi connectivity index (χ0v) is 10.1. The summed E-state index contributed by atoms with van der Waals surface area (Å²) in [6.45, 7) is 0.737. The van der Waals surface area contributed by atoms with Crippen molar-refractivity contribution in [2.45, 2.75) is 25.8 Å². The highest BCUT2D eigenvalue weighted by atomic mass is 16.3. The number of carbonyl (C=O) groups excluding carboxylic acids is 1. The second-order valence-corrected chi connectivity index (χ2v) is 4.81. The fourth-order valence-electron chi connectivity index (χ4n) is 2.48. The summed E-state index contributed by atoms with van der Waals surface area (Å²) in [5, 5.41) is 9.24. The SMILES string of the molecule is O=C1CCCc2cn(Cc3ccc(O)cc3)cc21. The lowest BCUT2D eigenvalue weighted by atomic mass is 9.95. The maximum absolute atomic E-state index is 11.7. The van der Waals surface area contributed by atoms with Crippen LogP contribution in [-0.4, -0.2) is 15.5 Å². The van der Waals surface area contributed by atoms with E-state index in [1.807, 2.05) is 18.3 Å². The van der Waals surface area contributed by atoms with Crippen LogP contribution < -0.4 is 0 Å². The first kappa shape index (κ1) is 11.1. The van der Waals surface area contributed by atoms with Crippen molar-refractivity contribution in [1.29, 1.82) is 0 Å². The summed E-state index contributed by atoms with van der Waals surface area (Å²) < 4.78 is 2.06. The van der Waals surface area contributed by atoms with Crippen molar-refractivity contribution in [2.75, 3.05) is 0 Å². The molecule has 0 saturated heterocycles. The van der Waals surface area contributed by atoms with E-state index >= 15 is 0 Å². The molecule has 18 heavy (non-hydrogen) atoms. The summed E-state index contributed by atoms with van der Waals surface area (Å²) in [6.07, 6.45) is 6.66. The monoisotopic (exact) mass is 241 g/mol. The first-order chi connectivity index (χ1) is 8.72. The number of ketones is 1. The minimum Gasteiger partial charge on any atom is -0.508 e. The van der Waals surface area contributed by atoms with Gasteiger partial charge < -0.3 is 9.67 Å². The lowest BCUT2D eigenvalue weighted by Gasteiger charge is -2.07. The third-order valence-electron chi connectivity index (χ3n) is 3.41. The van der Waals surface area contributed by atoms with Crippen LogP contribution in [0.15, 0.2) is 36.7 Å². The van der Waals surface area contributed by atoms with Crippen LogP contribution in [0.2, 0.25) is 0 Å². The Morgan fingerprint density at radius 2 is 1.89 bits per heavy atom. The topological polar surface area (TPSA) is 42.2 Å². The molecule has 3 nitrogen and oxygen atoms in total. The van der Waals surface area contributed by atoms with Gasteiger partial charge >= 0.3 is 0 Å². The van der Waals surface area contributed by atoms with E-state index in [4.69, 9.17) is 0 Å². The number of benzene rings is 1.